The Morgan fingerprint density at radius 1 is 1.00 bits per heavy atom. The summed E-state index contributed by atoms with van der Waals surface area (Å²) in [5.74, 6) is 2.46. The van der Waals surface area contributed by atoms with Crippen LogP contribution in [0, 0.1) is 5.92 Å². The Hall–Kier alpha value is -1.37. The van der Waals surface area contributed by atoms with Crippen LogP contribution in [-0.4, -0.2) is 64.4 Å². The number of rotatable bonds is 9. The molecule has 0 aromatic carbocycles. The average Bonchev–Trinajstić information content (AvgIpc) is 3.52. The second-order valence-corrected chi connectivity index (χ2v) is 16.9. The van der Waals surface area contributed by atoms with E-state index in [2.05, 4.69) is 31.7 Å². The first kappa shape index (κ1) is 25.3. The third-order valence-electron chi connectivity index (χ3n) is 8.34. The molecule has 3 aliphatic rings. The van der Waals surface area contributed by atoms with E-state index in [1.54, 1.807) is 0 Å². The van der Waals surface area contributed by atoms with Gasteiger partial charge in [0.15, 0.2) is 0 Å². The van der Waals surface area contributed by atoms with Gasteiger partial charge in [0.05, 0.1) is 0 Å². The summed E-state index contributed by atoms with van der Waals surface area (Å²) < 4.78 is 2.31. The molecule has 4 N–H and O–H groups in total. The summed E-state index contributed by atoms with van der Waals surface area (Å²) in [6, 6.07) is 1.24. The Morgan fingerprint density at radius 2 is 1.74 bits per heavy atom. The molecule has 1 saturated heterocycles. The van der Waals surface area contributed by atoms with Crippen LogP contribution in [0.15, 0.2) is 6.33 Å². The summed E-state index contributed by atoms with van der Waals surface area (Å²) in [4.78, 5) is 14.8. The van der Waals surface area contributed by atoms with Gasteiger partial charge >= 0.3 is 141 Å². The van der Waals surface area contributed by atoms with Crippen LogP contribution in [0.25, 0.3) is 11.2 Å². The van der Waals surface area contributed by atoms with Crippen molar-refractivity contribution in [3.63, 3.8) is 0 Å². The van der Waals surface area contributed by atoms with Crippen molar-refractivity contribution in [3.8, 4) is 0 Å². The molecule has 0 radical (unpaired) electrons. The van der Waals surface area contributed by atoms with Crippen molar-refractivity contribution in [3.05, 3.63) is 6.33 Å². The van der Waals surface area contributed by atoms with Gasteiger partial charge in [-0.1, -0.05) is 12.8 Å². The number of aromatic nitrogens is 4. The summed E-state index contributed by atoms with van der Waals surface area (Å²) in [6.07, 6.45) is 16.7. The zero-order chi connectivity index (χ0) is 24.2. The SMILES string of the molecule is C[As](C)CCCC1CCN(Nc2nc(NC3CCC(N)CC3)nc3c2ncn3C2CCCC2)CC1. The number of hydrogen-bond acceptors (Lipinski definition) is 7. The zero-order valence-corrected chi connectivity index (χ0v) is 23.6. The Kier molecular flexibility index (Phi) is 8.51. The summed E-state index contributed by atoms with van der Waals surface area (Å²) in [6.45, 7) is 2.14. The molecule has 2 saturated carbocycles. The van der Waals surface area contributed by atoms with Crippen LogP contribution in [0.4, 0.5) is 11.8 Å². The van der Waals surface area contributed by atoms with Gasteiger partial charge in [0, 0.05) is 18.1 Å². The number of nitrogens with zero attached hydrogens (tertiary/aromatic N) is 5. The van der Waals surface area contributed by atoms with E-state index in [1.165, 1.54) is 56.6 Å². The van der Waals surface area contributed by atoms with Crippen molar-refractivity contribution in [2.75, 3.05) is 23.8 Å². The van der Waals surface area contributed by atoms with Crippen LogP contribution in [0.5, 0.6) is 0 Å². The topological polar surface area (TPSA) is 96.9 Å². The van der Waals surface area contributed by atoms with Gasteiger partial charge in [-0.15, -0.1) is 0 Å². The first-order valence-electron chi connectivity index (χ1n) is 14.0. The van der Waals surface area contributed by atoms with Crippen molar-refractivity contribution in [1.82, 2.24) is 24.5 Å². The summed E-state index contributed by atoms with van der Waals surface area (Å²) >= 11 is -0.475. The number of nitrogens with two attached hydrogens (primary N) is 1. The van der Waals surface area contributed by atoms with E-state index in [1.807, 2.05) is 6.33 Å². The van der Waals surface area contributed by atoms with Crippen molar-refractivity contribution < 1.29 is 0 Å². The molecule has 8 nitrogen and oxygen atoms in total. The van der Waals surface area contributed by atoms with E-state index in [0.717, 1.165) is 67.6 Å². The minimum absolute atomic E-state index is 0.341. The van der Waals surface area contributed by atoms with Crippen molar-refractivity contribution in [2.24, 2.45) is 11.7 Å². The fourth-order valence-electron chi connectivity index (χ4n) is 6.13. The van der Waals surface area contributed by atoms with Gasteiger partial charge in [0.25, 0.3) is 0 Å². The zero-order valence-electron chi connectivity index (χ0n) is 21.8. The van der Waals surface area contributed by atoms with Crippen LogP contribution in [0.1, 0.15) is 83.1 Å². The van der Waals surface area contributed by atoms with Crippen LogP contribution in [0.3, 0.4) is 0 Å². The maximum absolute atomic E-state index is 6.13. The van der Waals surface area contributed by atoms with Gasteiger partial charge in [-0.05, 0) is 38.5 Å². The molecule has 9 heteroatoms. The molecule has 2 aliphatic carbocycles. The predicted molar refractivity (Wildman–Crippen MR) is 146 cm³/mol. The molecule has 3 heterocycles. The molecule has 0 atom stereocenters. The Morgan fingerprint density at radius 3 is 2.46 bits per heavy atom. The molecule has 0 spiro atoms. The molecular weight excluding hydrogens is 499 g/mol. The summed E-state index contributed by atoms with van der Waals surface area (Å²) in [7, 11) is 0. The number of piperidine rings is 1. The Labute approximate surface area is 215 Å². The first-order chi connectivity index (χ1) is 17.0. The second kappa shape index (κ2) is 11.8. The number of hydrogen-bond donors (Lipinski definition) is 3. The first-order valence-corrected chi connectivity index (χ1v) is 19.1. The summed E-state index contributed by atoms with van der Waals surface area (Å²) in [5, 5.41) is 7.50. The minimum atomic E-state index is -0.475. The quantitative estimate of drug-likeness (QED) is 0.374. The number of fused-ring (bicyclic) bond motifs is 1. The van der Waals surface area contributed by atoms with Crippen molar-refractivity contribution in [2.45, 2.75) is 112 Å². The van der Waals surface area contributed by atoms with E-state index >= 15 is 0 Å². The molecule has 1 aliphatic heterocycles. The van der Waals surface area contributed by atoms with E-state index < -0.39 is 14.7 Å². The Balaban J connectivity index is 1.30. The maximum atomic E-state index is 6.13. The standard InChI is InChI=1S/C26H45AsN8/c1-27(2)15-5-6-19-13-16-34(17-14-19)33-24-23-25(35(18-29-23)22-7-3-4-8-22)32-26(31-24)30-21-11-9-20(28)10-12-21/h18-22H,3-17,28H2,1-2H3,(H2,30,31,32,33). The van der Waals surface area contributed by atoms with Gasteiger partial charge in [-0.2, -0.15) is 0 Å². The Bertz CT molecular complexity index is 940. The van der Waals surface area contributed by atoms with Gasteiger partial charge in [0.1, 0.15) is 0 Å². The monoisotopic (exact) mass is 544 g/mol. The normalized spacial score (nSPS) is 25.0. The fourth-order valence-corrected chi connectivity index (χ4v) is 7.84. The molecule has 35 heavy (non-hydrogen) atoms. The van der Waals surface area contributed by atoms with E-state index in [-0.39, 0.29) is 0 Å². The number of hydrazine groups is 1. The molecule has 2 aromatic rings. The third kappa shape index (κ3) is 6.50. The van der Waals surface area contributed by atoms with Gasteiger partial charge in [0.2, 0.25) is 0 Å². The van der Waals surface area contributed by atoms with E-state index in [4.69, 9.17) is 20.7 Å². The second-order valence-electron chi connectivity index (χ2n) is 11.4. The van der Waals surface area contributed by atoms with Gasteiger partial charge in [-0.25, -0.2) is 0 Å². The predicted octanol–water partition coefficient (Wildman–Crippen LogP) is 5.20. The molecule has 5 rings (SSSR count). The average molecular weight is 545 g/mol. The molecule has 0 unspecified atom stereocenters. The molecule has 0 amide bonds. The number of anilines is 2. The third-order valence-corrected chi connectivity index (χ3v) is 10.9. The molecule has 2 aromatic heterocycles. The molecule has 3 fully saturated rings. The number of nitrogens with one attached hydrogen (secondary N) is 2. The van der Waals surface area contributed by atoms with Crippen LogP contribution >= 0.6 is 0 Å². The van der Waals surface area contributed by atoms with Crippen LogP contribution < -0.4 is 16.5 Å². The molecular formula is C26H45AsN8. The number of imidazole rings is 1. The van der Waals surface area contributed by atoms with E-state index in [9.17, 15) is 0 Å². The van der Waals surface area contributed by atoms with E-state index in [0.29, 0.717) is 18.1 Å². The molecule has 0 bridgehead atoms. The fraction of sp³-hybridized carbons (Fsp3) is 0.808. The van der Waals surface area contributed by atoms with Crippen molar-refractivity contribution in [1.29, 1.82) is 0 Å². The molecule has 194 valence electrons. The van der Waals surface area contributed by atoms with Crippen molar-refractivity contribution >= 4 is 37.6 Å². The van der Waals surface area contributed by atoms with Crippen LogP contribution in [0.2, 0.25) is 16.6 Å². The van der Waals surface area contributed by atoms with Crippen LogP contribution in [-0.2, 0) is 0 Å². The van der Waals surface area contributed by atoms with Gasteiger partial charge in [-0.3, -0.25) is 0 Å². The van der Waals surface area contributed by atoms with Gasteiger partial charge < -0.3 is 5.73 Å². The summed E-state index contributed by atoms with van der Waals surface area (Å²) in [5.41, 5.74) is 16.6.